The summed E-state index contributed by atoms with van der Waals surface area (Å²) in [5.74, 6) is 2.34. The van der Waals surface area contributed by atoms with E-state index in [1.807, 2.05) is 47.2 Å². The highest BCUT2D eigenvalue weighted by atomic mass is 15.1. The third kappa shape index (κ3) is 3.08. The Kier molecular flexibility index (Phi) is 3.91. The molecule has 0 aliphatic carbocycles. The fourth-order valence-electron chi connectivity index (χ4n) is 2.02. The molecule has 0 bridgehead atoms. The normalized spacial score (nSPS) is 10.5. The quantitative estimate of drug-likeness (QED) is 0.779. The largest absolute Gasteiger partial charge is 0.370 e. The molecule has 2 aromatic heterocycles. The molecule has 0 amide bonds. The monoisotopic (exact) mass is 279 g/mol. The number of imidazole rings is 1. The molecular formula is C16H17N5. The van der Waals surface area contributed by atoms with E-state index in [2.05, 4.69) is 27.2 Å². The van der Waals surface area contributed by atoms with E-state index in [0.29, 0.717) is 5.82 Å². The summed E-state index contributed by atoms with van der Waals surface area (Å²) in [6, 6.07) is 11.9. The van der Waals surface area contributed by atoms with E-state index in [-0.39, 0.29) is 0 Å². The second-order valence-electron chi connectivity index (χ2n) is 4.70. The smallest absolute Gasteiger partial charge is 0.163 e. The lowest BCUT2D eigenvalue weighted by Crippen LogP contribution is -2.06. The Bertz CT molecular complexity index is 692. The van der Waals surface area contributed by atoms with Gasteiger partial charge >= 0.3 is 0 Å². The van der Waals surface area contributed by atoms with Crippen molar-refractivity contribution in [3.05, 3.63) is 55.1 Å². The molecule has 0 saturated carbocycles. The third-order valence-corrected chi connectivity index (χ3v) is 3.07. The van der Waals surface area contributed by atoms with Crippen LogP contribution < -0.4 is 5.32 Å². The first-order chi connectivity index (χ1) is 10.4. The van der Waals surface area contributed by atoms with Crippen molar-refractivity contribution in [2.75, 3.05) is 11.9 Å². The minimum Gasteiger partial charge on any atom is -0.370 e. The molecule has 1 aromatic carbocycles. The Morgan fingerprint density at radius 3 is 2.71 bits per heavy atom. The van der Waals surface area contributed by atoms with Crippen molar-refractivity contribution < 1.29 is 0 Å². The molecule has 0 saturated heterocycles. The molecular weight excluding hydrogens is 262 g/mol. The van der Waals surface area contributed by atoms with Crippen LogP contribution in [0, 0.1) is 0 Å². The topological polar surface area (TPSA) is 55.6 Å². The summed E-state index contributed by atoms with van der Waals surface area (Å²) in [4.78, 5) is 13.3. The third-order valence-electron chi connectivity index (χ3n) is 3.07. The number of aromatic nitrogens is 4. The number of benzene rings is 1. The van der Waals surface area contributed by atoms with Crippen LogP contribution in [0.3, 0.4) is 0 Å². The number of hydrogen-bond donors (Lipinski definition) is 1. The number of hydrogen-bond acceptors (Lipinski definition) is 4. The summed E-state index contributed by atoms with van der Waals surface area (Å²) in [5, 5.41) is 3.32. The molecule has 0 aliphatic rings. The van der Waals surface area contributed by atoms with Crippen LogP contribution >= 0.6 is 0 Å². The predicted molar refractivity (Wildman–Crippen MR) is 83.4 cm³/mol. The maximum absolute atomic E-state index is 4.63. The highest BCUT2D eigenvalue weighted by Crippen LogP contribution is 2.19. The first-order valence-corrected chi connectivity index (χ1v) is 7.03. The van der Waals surface area contributed by atoms with Crippen LogP contribution in [-0.4, -0.2) is 26.1 Å². The van der Waals surface area contributed by atoms with E-state index in [0.717, 1.165) is 30.2 Å². The second-order valence-corrected chi connectivity index (χ2v) is 4.70. The standard InChI is InChI=1S/C16H17N5/c1-2-8-18-14-11-15(21-10-9-17-12-21)20-16(19-14)13-6-4-3-5-7-13/h3-7,9-12H,2,8H2,1H3,(H,18,19,20). The molecule has 0 radical (unpaired) electrons. The van der Waals surface area contributed by atoms with Gasteiger partial charge in [0.2, 0.25) is 0 Å². The molecule has 0 unspecified atom stereocenters. The number of nitrogens with one attached hydrogen (secondary N) is 1. The van der Waals surface area contributed by atoms with Crippen LogP contribution in [0.15, 0.2) is 55.1 Å². The van der Waals surface area contributed by atoms with Gasteiger partial charge in [-0.05, 0) is 6.42 Å². The fraction of sp³-hybridized carbons (Fsp3) is 0.188. The van der Waals surface area contributed by atoms with Crippen molar-refractivity contribution in [2.45, 2.75) is 13.3 Å². The maximum atomic E-state index is 4.63. The second kappa shape index (κ2) is 6.17. The van der Waals surface area contributed by atoms with Crippen LogP contribution in [0.4, 0.5) is 5.82 Å². The van der Waals surface area contributed by atoms with Gasteiger partial charge in [0.25, 0.3) is 0 Å². The summed E-state index contributed by atoms with van der Waals surface area (Å²) in [5.41, 5.74) is 0.999. The van der Waals surface area contributed by atoms with Gasteiger partial charge in [-0.2, -0.15) is 0 Å². The number of nitrogens with zero attached hydrogens (tertiary/aromatic N) is 4. The van der Waals surface area contributed by atoms with Crippen LogP contribution in [0.1, 0.15) is 13.3 Å². The fourth-order valence-corrected chi connectivity index (χ4v) is 2.02. The van der Waals surface area contributed by atoms with E-state index >= 15 is 0 Å². The summed E-state index contributed by atoms with van der Waals surface area (Å²) in [7, 11) is 0. The van der Waals surface area contributed by atoms with Crippen molar-refractivity contribution in [2.24, 2.45) is 0 Å². The van der Waals surface area contributed by atoms with E-state index in [9.17, 15) is 0 Å². The summed E-state index contributed by atoms with van der Waals surface area (Å²) < 4.78 is 1.88. The molecule has 2 heterocycles. The average molecular weight is 279 g/mol. The van der Waals surface area contributed by atoms with E-state index < -0.39 is 0 Å². The molecule has 0 spiro atoms. The molecule has 0 fully saturated rings. The van der Waals surface area contributed by atoms with Gasteiger partial charge in [0.05, 0.1) is 0 Å². The van der Waals surface area contributed by atoms with Gasteiger partial charge in [0, 0.05) is 30.6 Å². The molecule has 106 valence electrons. The van der Waals surface area contributed by atoms with Crippen molar-refractivity contribution in [3.63, 3.8) is 0 Å². The van der Waals surface area contributed by atoms with E-state index in [4.69, 9.17) is 0 Å². The highest BCUT2D eigenvalue weighted by Gasteiger charge is 2.07. The van der Waals surface area contributed by atoms with Crippen LogP contribution in [0.5, 0.6) is 0 Å². The lowest BCUT2D eigenvalue weighted by atomic mass is 10.2. The van der Waals surface area contributed by atoms with Crippen LogP contribution in [0.2, 0.25) is 0 Å². The first kappa shape index (κ1) is 13.3. The Hall–Kier alpha value is -2.69. The van der Waals surface area contributed by atoms with Gasteiger partial charge in [-0.25, -0.2) is 15.0 Å². The first-order valence-electron chi connectivity index (χ1n) is 7.03. The lowest BCUT2D eigenvalue weighted by Gasteiger charge is -2.10. The maximum Gasteiger partial charge on any atom is 0.163 e. The highest BCUT2D eigenvalue weighted by molar-refractivity contribution is 5.59. The molecule has 5 heteroatoms. The Labute approximate surface area is 123 Å². The Morgan fingerprint density at radius 2 is 2.00 bits per heavy atom. The minimum absolute atomic E-state index is 0.709. The van der Waals surface area contributed by atoms with Crippen molar-refractivity contribution in [1.29, 1.82) is 0 Å². The van der Waals surface area contributed by atoms with Gasteiger partial charge in [0.15, 0.2) is 5.82 Å². The van der Waals surface area contributed by atoms with Crippen LogP contribution in [0.25, 0.3) is 17.2 Å². The predicted octanol–water partition coefficient (Wildman–Crippen LogP) is 3.15. The summed E-state index contributed by atoms with van der Waals surface area (Å²) in [6.07, 6.45) is 6.40. The molecule has 0 atom stereocenters. The molecule has 1 N–H and O–H groups in total. The zero-order chi connectivity index (χ0) is 14.5. The lowest BCUT2D eigenvalue weighted by molar-refractivity contribution is 0.945. The molecule has 21 heavy (non-hydrogen) atoms. The van der Waals surface area contributed by atoms with Crippen LogP contribution in [-0.2, 0) is 0 Å². The van der Waals surface area contributed by atoms with Crippen molar-refractivity contribution >= 4 is 5.82 Å². The van der Waals surface area contributed by atoms with Crippen molar-refractivity contribution in [1.82, 2.24) is 19.5 Å². The minimum atomic E-state index is 0.709. The molecule has 5 nitrogen and oxygen atoms in total. The zero-order valence-electron chi connectivity index (χ0n) is 11.9. The van der Waals surface area contributed by atoms with Gasteiger partial charge in [-0.15, -0.1) is 0 Å². The SMILES string of the molecule is CCCNc1cc(-n2ccnc2)nc(-c2ccccc2)n1. The molecule has 0 aliphatic heterocycles. The van der Waals surface area contributed by atoms with Gasteiger partial charge in [-0.3, -0.25) is 4.57 Å². The Balaban J connectivity index is 2.05. The average Bonchev–Trinajstić information content (AvgIpc) is 3.08. The summed E-state index contributed by atoms with van der Waals surface area (Å²) in [6.45, 7) is 3.01. The molecule has 3 aromatic rings. The zero-order valence-corrected chi connectivity index (χ0v) is 11.9. The van der Waals surface area contributed by atoms with E-state index in [1.54, 1.807) is 12.5 Å². The van der Waals surface area contributed by atoms with Gasteiger partial charge in [-0.1, -0.05) is 37.3 Å². The number of rotatable bonds is 5. The van der Waals surface area contributed by atoms with E-state index in [1.165, 1.54) is 0 Å². The van der Waals surface area contributed by atoms with Gasteiger partial charge in [0.1, 0.15) is 18.0 Å². The summed E-state index contributed by atoms with van der Waals surface area (Å²) >= 11 is 0. The Morgan fingerprint density at radius 1 is 1.14 bits per heavy atom. The number of anilines is 1. The van der Waals surface area contributed by atoms with Gasteiger partial charge < -0.3 is 5.32 Å². The molecule has 3 rings (SSSR count). The van der Waals surface area contributed by atoms with Crippen molar-refractivity contribution in [3.8, 4) is 17.2 Å².